The van der Waals surface area contributed by atoms with Crippen molar-refractivity contribution in [1.82, 2.24) is 9.55 Å². The summed E-state index contributed by atoms with van der Waals surface area (Å²) in [5, 5.41) is 14.4. The Labute approximate surface area is 206 Å². The lowest BCUT2D eigenvalue weighted by molar-refractivity contribution is -0.118. The molecule has 0 atom stereocenters. The number of imidazole rings is 1. The molecular weight excluding hydrogens is 458 g/mol. The predicted octanol–water partition coefficient (Wildman–Crippen LogP) is 3.70. The minimum Gasteiger partial charge on any atom is -0.370 e. The summed E-state index contributed by atoms with van der Waals surface area (Å²) in [6.45, 7) is 0.198. The fourth-order valence-corrected chi connectivity index (χ4v) is 3.69. The lowest BCUT2D eigenvalue weighted by atomic mass is 10.2. The zero-order chi connectivity index (χ0) is 25.7. The smallest absolute Gasteiger partial charge is 0.326 e. The number of carbonyl (C=O) groups is 3. The van der Waals surface area contributed by atoms with E-state index in [-0.39, 0.29) is 24.8 Å². The monoisotopic (exact) mass is 481 g/mol. The molecule has 0 saturated heterocycles. The highest BCUT2D eigenvalue weighted by atomic mass is 16.2. The molecule has 10 nitrogen and oxygen atoms in total. The number of nitriles is 1. The first-order valence-corrected chi connectivity index (χ1v) is 11.1. The van der Waals surface area contributed by atoms with Crippen LogP contribution in [0.2, 0.25) is 0 Å². The molecule has 0 radical (unpaired) electrons. The molecule has 0 bridgehead atoms. The highest BCUT2D eigenvalue weighted by Gasteiger charge is 2.18. The Kier molecular flexibility index (Phi) is 6.92. The number of hydrogen-bond donors (Lipinski definition) is 3. The summed E-state index contributed by atoms with van der Waals surface area (Å²) in [5.41, 5.74) is 8.52. The fraction of sp³-hybridized carbons (Fsp3) is 0.115. The van der Waals surface area contributed by atoms with Gasteiger partial charge in [-0.1, -0.05) is 24.3 Å². The SMILES string of the molecule is CN(C(=O)c1ccccc1)c1ccc2c(c1)nc(NC(=O)Nc1cccc(C#N)c1)n2CCC(N)=O. The van der Waals surface area contributed by atoms with Crippen molar-refractivity contribution >= 4 is 46.2 Å². The van der Waals surface area contributed by atoms with Crippen LogP contribution in [-0.2, 0) is 11.3 Å². The van der Waals surface area contributed by atoms with Crippen molar-refractivity contribution in [2.24, 2.45) is 5.73 Å². The van der Waals surface area contributed by atoms with Crippen LogP contribution in [0.3, 0.4) is 0 Å². The number of hydrogen-bond acceptors (Lipinski definition) is 5. The molecule has 0 aliphatic carbocycles. The number of fused-ring (bicyclic) bond motifs is 1. The van der Waals surface area contributed by atoms with E-state index in [0.717, 1.165) is 0 Å². The second-order valence-corrected chi connectivity index (χ2v) is 7.98. The summed E-state index contributed by atoms with van der Waals surface area (Å²) in [6.07, 6.45) is 0.0418. The van der Waals surface area contributed by atoms with Gasteiger partial charge in [0.05, 0.1) is 22.7 Å². The van der Waals surface area contributed by atoms with Crippen LogP contribution in [0.1, 0.15) is 22.3 Å². The zero-order valence-corrected chi connectivity index (χ0v) is 19.4. The Morgan fingerprint density at radius 2 is 1.81 bits per heavy atom. The van der Waals surface area contributed by atoms with E-state index >= 15 is 0 Å². The van der Waals surface area contributed by atoms with Gasteiger partial charge in [-0.15, -0.1) is 0 Å². The fourth-order valence-electron chi connectivity index (χ4n) is 3.69. The predicted molar refractivity (Wildman–Crippen MR) is 137 cm³/mol. The van der Waals surface area contributed by atoms with Crippen molar-refractivity contribution in [3.05, 3.63) is 83.9 Å². The number of aryl methyl sites for hydroxylation is 1. The number of nitrogens with zero attached hydrogens (tertiary/aromatic N) is 4. The van der Waals surface area contributed by atoms with E-state index in [0.29, 0.717) is 33.5 Å². The number of amides is 4. The standard InChI is InChI=1S/C26H23N7O3/c1-32(24(35)18-7-3-2-4-8-18)20-10-11-22-21(15-20)30-25(33(22)13-12-23(28)34)31-26(36)29-19-9-5-6-17(14-19)16-27/h2-11,14-15H,12-13H2,1H3,(H2,28,34)(H2,29,30,31,36). The van der Waals surface area contributed by atoms with Crippen LogP contribution in [0.25, 0.3) is 11.0 Å². The molecule has 3 aromatic carbocycles. The van der Waals surface area contributed by atoms with Crippen molar-refractivity contribution in [3.63, 3.8) is 0 Å². The summed E-state index contributed by atoms with van der Waals surface area (Å²) in [7, 11) is 1.67. The highest BCUT2D eigenvalue weighted by molar-refractivity contribution is 6.06. The van der Waals surface area contributed by atoms with Gasteiger partial charge in [0.1, 0.15) is 0 Å². The van der Waals surface area contributed by atoms with Crippen molar-refractivity contribution in [2.75, 3.05) is 22.6 Å². The number of benzene rings is 3. The maximum absolute atomic E-state index is 12.9. The molecule has 0 spiro atoms. The van der Waals surface area contributed by atoms with Crippen molar-refractivity contribution in [3.8, 4) is 6.07 Å². The number of primary amides is 1. The van der Waals surface area contributed by atoms with E-state index in [1.54, 1.807) is 78.3 Å². The average Bonchev–Trinajstić information content (AvgIpc) is 3.22. The molecule has 1 heterocycles. The normalized spacial score (nSPS) is 10.4. The Morgan fingerprint density at radius 1 is 1.03 bits per heavy atom. The highest BCUT2D eigenvalue weighted by Crippen LogP contribution is 2.26. The molecule has 4 amide bonds. The van der Waals surface area contributed by atoms with Crippen LogP contribution in [0.5, 0.6) is 0 Å². The van der Waals surface area contributed by atoms with Gasteiger partial charge in [0.2, 0.25) is 11.9 Å². The number of urea groups is 1. The molecule has 10 heteroatoms. The number of rotatable bonds is 7. The summed E-state index contributed by atoms with van der Waals surface area (Å²) >= 11 is 0. The average molecular weight is 482 g/mol. The van der Waals surface area contributed by atoms with E-state index in [4.69, 9.17) is 11.0 Å². The van der Waals surface area contributed by atoms with Gasteiger partial charge in [-0.25, -0.2) is 9.78 Å². The Hall–Kier alpha value is -5.17. The van der Waals surface area contributed by atoms with Gasteiger partial charge in [0.15, 0.2) is 0 Å². The lowest BCUT2D eigenvalue weighted by Gasteiger charge is -2.17. The number of aromatic nitrogens is 2. The third kappa shape index (κ3) is 5.31. The second kappa shape index (κ2) is 10.4. The van der Waals surface area contributed by atoms with Crippen molar-refractivity contribution < 1.29 is 14.4 Å². The van der Waals surface area contributed by atoms with E-state index in [1.165, 1.54) is 4.90 Å². The van der Waals surface area contributed by atoms with Crippen molar-refractivity contribution in [2.45, 2.75) is 13.0 Å². The van der Waals surface area contributed by atoms with E-state index in [9.17, 15) is 14.4 Å². The van der Waals surface area contributed by atoms with Gasteiger partial charge in [-0.05, 0) is 48.5 Å². The quantitative estimate of drug-likeness (QED) is 0.368. The van der Waals surface area contributed by atoms with Gasteiger partial charge in [0, 0.05) is 37.0 Å². The molecule has 4 aromatic rings. The number of nitrogens with one attached hydrogen (secondary N) is 2. The summed E-state index contributed by atoms with van der Waals surface area (Å²) in [4.78, 5) is 43.0. The number of anilines is 3. The van der Waals surface area contributed by atoms with E-state index < -0.39 is 11.9 Å². The summed E-state index contributed by atoms with van der Waals surface area (Å²) in [5.74, 6) is -0.472. The molecule has 180 valence electrons. The van der Waals surface area contributed by atoms with Gasteiger partial charge in [-0.2, -0.15) is 5.26 Å². The van der Waals surface area contributed by atoms with Crippen LogP contribution >= 0.6 is 0 Å². The third-order valence-electron chi connectivity index (χ3n) is 5.50. The lowest BCUT2D eigenvalue weighted by Crippen LogP contribution is -2.26. The maximum Gasteiger partial charge on any atom is 0.326 e. The Morgan fingerprint density at radius 3 is 2.53 bits per heavy atom. The Bertz CT molecular complexity index is 1490. The summed E-state index contributed by atoms with van der Waals surface area (Å²) < 4.78 is 1.67. The Balaban J connectivity index is 1.62. The van der Waals surface area contributed by atoms with Crippen LogP contribution < -0.4 is 21.3 Å². The molecule has 36 heavy (non-hydrogen) atoms. The largest absolute Gasteiger partial charge is 0.370 e. The molecule has 0 saturated carbocycles. The first kappa shape index (κ1) is 24.0. The topological polar surface area (TPSA) is 146 Å². The van der Waals surface area contributed by atoms with Crippen molar-refractivity contribution in [1.29, 1.82) is 5.26 Å². The zero-order valence-electron chi connectivity index (χ0n) is 19.4. The molecule has 0 aliphatic heterocycles. The van der Waals surface area contributed by atoms with Gasteiger partial charge < -0.3 is 20.5 Å². The number of nitrogens with two attached hydrogens (primary N) is 1. The van der Waals surface area contributed by atoms with E-state index in [1.807, 2.05) is 12.1 Å². The third-order valence-corrected chi connectivity index (χ3v) is 5.50. The van der Waals surface area contributed by atoms with Crippen LogP contribution in [0.15, 0.2) is 72.8 Å². The van der Waals surface area contributed by atoms with Gasteiger partial charge in [-0.3, -0.25) is 14.9 Å². The maximum atomic E-state index is 12.9. The first-order chi connectivity index (χ1) is 17.4. The van der Waals surface area contributed by atoms with E-state index in [2.05, 4.69) is 15.6 Å². The molecular formula is C26H23N7O3. The molecule has 4 N–H and O–H groups in total. The molecule has 0 unspecified atom stereocenters. The van der Waals surface area contributed by atoms with Crippen LogP contribution in [0, 0.1) is 11.3 Å². The molecule has 1 aromatic heterocycles. The number of carbonyl (C=O) groups excluding carboxylic acids is 3. The van der Waals surface area contributed by atoms with Crippen LogP contribution in [0.4, 0.5) is 22.1 Å². The van der Waals surface area contributed by atoms with Gasteiger partial charge in [0.25, 0.3) is 5.91 Å². The summed E-state index contributed by atoms with van der Waals surface area (Å²) in [6, 6.07) is 22.1. The minimum absolute atomic E-state index is 0.0418. The second-order valence-electron chi connectivity index (χ2n) is 7.98. The molecule has 0 aliphatic rings. The van der Waals surface area contributed by atoms with Crippen LogP contribution in [-0.4, -0.2) is 34.4 Å². The first-order valence-electron chi connectivity index (χ1n) is 11.1. The molecule has 4 rings (SSSR count). The van der Waals surface area contributed by atoms with Gasteiger partial charge >= 0.3 is 6.03 Å². The minimum atomic E-state index is -0.572. The molecule has 0 fully saturated rings.